The smallest absolute Gasteiger partial charge is 0.196 e. The molecule has 0 amide bonds. The minimum Gasteiger partial charge on any atom is -0.369 e. The predicted octanol–water partition coefficient (Wildman–Crippen LogP) is 4.12. The van der Waals surface area contributed by atoms with Gasteiger partial charge in [0.05, 0.1) is 17.1 Å². The molecule has 0 aromatic heterocycles. The molecule has 1 aliphatic rings. The van der Waals surface area contributed by atoms with E-state index in [2.05, 4.69) is 20.9 Å². The highest BCUT2D eigenvalue weighted by Crippen LogP contribution is 2.33. The van der Waals surface area contributed by atoms with Gasteiger partial charge >= 0.3 is 0 Å². The molecule has 1 atom stereocenters. The molecule has 21 heavy (non-hydrogen) atoms. The fourth-order valence-corrected chi connectivity index (χ4v) is 2.84. The number of nitrogens with zero attached hydrogens (tertiary/aromatic N) is 2. The first kappa shape index (κ1) is 14.4. The average Bonchev–Trinajstić information content (AvgIpc) is 2.84. The van der Waals surface area contributed by atoms with Gasteiger partial charge in [0.25, 0.3) is 0 Å². The number of aliphatic imine (C=N–C) groups is 1. The summed E-state index contributed by atoms with van der Waals surface area (Å²) in [7, 11) is 0. The summed E-state index contributed by atoms with van der Waals surface area (Å²) in [6, 6.07) is 12.3. The molecular weight excluding hydrogens is 357 g/mol. The summed E-state index contributed by atoms with van der Waals surface area (Å²) < 4.78 is 14.2. The van der Waals surface area contributed by atoms with Crippen LogP contribution in [0.25, 0.3) is 0 Å². The molecule has 0 saturated heterocycles. The first-order valence-electron chi connectivity index (χ1n) is 6.36. The van der Waals surface area contributed by atoms with Crippen LogP contribution in [0.15, 0.2) is 51.9 Å². The van der Waals surface area contributed by atoms with E-state index < -0.39 is 0 Å². The number of nitrogens with two attached hydrogens (primary N) is 1. The summed E-state index contributed by atoms with van der Waals surface area (Å²) in [5.74, 6) is 0.106. The van der Waals surface area contributed by atoms with Crippen molar-refractivity contribution in [2.45, 2.75) is 6.04 Å². The Morgan fingerprint density at radius 1 is 1.29 bits per heavy atom. The summed E-state index contributed by atoms with van der Waals surface area (Å²) in [6.45, 7) is 0.486. The molecule has 1 unspecified atom stereocenters. The Labute approximate surface area is 135 Å². The zero-order valence-electron chi connectivity index (χ0n) is 10.9. The minimum absolute atomic E-state index is 0.133. The first-order valence-corrected chi connectivity index (χ1v) is 7.53. The summed E-state index contributed by atoms with van der Waals surface area (Å²) in [5.41, 5.74) is 7.65. The van der Waals surface area contributed by atoms with Crippen molar-refractivity contribution in [3.05, 3.63) is 63.3 Å². The SMILES string of the molecule is NC1=NCC(c2ccc(Br)c(F)c2)N1c1cccc(Cl)c1. The molecule has 2 N–H and O–H groups in total. The molecule has 2 aromatic rings. The Balaban J connectivity index is 2.00. The van der Waals surface area contributed by atoms with E-state index >= 15 is 0 Å². The van der Waals surface area contributed by atoms with Crippen LogP contribution in [-0.4, -0.2) is 12.5 Å². The summed E-state index contributed by atoms with van der Waals surface area (Å²) in [6.07, 6.45) is 0. The highest BCUT2D eigenvalue weighted by atomic mass is 79.9. The van der Waals surface area contributed by atoms with Crippen LogP contribution in [0, 0.1) is 5.82 Å². The fraction of sp³-hybridized carbons (Fsp3) is 0.133. The van der Waals surface area contributed by atoms with Gasteiger partial charge in [-0.05, 0) is 51.8 Å². The van der Waals surface area contributed by atoms with E-state index in [1.54, 1.807) is 12.1 Å². The van der Waals surface area contributed by atoms with Crippen molar-refractivity contribution in [2.24, 2.45) is 10.7 Å². The van der Waals surface area contributed by atoms with Gasteiger partial charge in [-0.3, -0.25) is 4.99 Å². The van der Waals surface area contributed by atoms with E-state index in [9.17, 15) is 4.39 Å². The molecule has 0 radical (unpaired) electrons. The molecule has 0 fully saturated rings. The molecule has 1 heterocycles. The second-order valence-electron chi connectivity index (χ2n) is 4.74. The predicted molar refractivity (Wildman–Crippen MR) is 87.3 cm³/mol. The van der Waals surface area contributed by atoms with Crippen LogP contribution in [0.4, 0.5) is 10.1 Å². The Bertz CT molecular complexity index is 720. The zero-order valence-corrected chi connectivity index (χ0v) is 13.3. The maximum Gasteiger partial charge on any atom is 0.196 e. The average molecular weight is 369 g/mol. The number of benzene rings is 2. The number of anilines is 1. The number of hydrogen-bond acceptors (Lipinski definition) is 3. The van der Waals surface area contributed by atoms with Crippen molar-refractivity contribution in [2.75, 3.05) is 11.4 Å². The standard InChI is InChI=1S/C15H12BrClFN3/c16-12-5-4-9(6-13(12)18)14-8-20-15(19)21(14)11-3-1-2-10(17)7-11/h1-7,14H,8H2,(H2,19,20). The molecule has 1 aliphatic heterocycles. The van der Waals surface area contributed by atoms with E-state index in [-0.39, 0.29) is 11.9 Å². The molecule has 6 heteroatoms. The van der Waals surface area contributed by atoms with Crippen LogP contribution in [0.5, 0.6) is 0 Å². The van der Waals surface area contributed by atoms with Crippen molar-refractivity contribution in [3.8, 4) is 0 Å². The summed E-state index contributed by atoms with van der Waals surface area (Å²) >= 11 is 9.20. The van der Waals surface area contributed by atoms with E-state index in [1.165, 1.54) is 6.07 Å². The van der Waals surface area contributed by atoms with Crippen LogP contribution in [0.3, 0.4) is 0 Å². The lowest BCUT2D eigenvalue weighted by atomic mass is 10.1. The molecule has 2 aromatic carbocycles. The van der Waals surface area contributed by atoms with Gasteiger partial charge in [0.15, 0.2) is 5.96 Å². The third-order valence-corrected chi connectivity index (χ3v) is 4.28. The van der Waals surface area contributed by atoms with Gasteiger partial charge in [-0.2, -0.15) is 0 Å². The third kappa shape index (κ3) is 2.76. The molecule has 0 spiro atoms. The van der Waals surface area contributed by atoms with Crippen LogP contribution in [0.2, 0.25) is 5.02 Å². The molecule has 0 saturated carbocycles. The van der Waals surface area contributed by atoms with Crippen molar-refractivity contribution < 1.29 is 4.39 Å². The van der Waals surface area contributed by atoms with Crippen molar-refractivity contribution >= 4 is 39.2 Å². The van der Waals surface area contributed by atoms with E-state index in [0.717, 1.165) is 11.3 Å². The van der Waals surface area contributed by atoms with Gasteiger partial charge in [0.1, 0.15) is 5.82 Å². The fourth-order valence-electron chi connectivity index (χ4n) is 2.41. The molecule has 108 valence electrons. The van der Waals surface area contributed by atoms with Crippen LogP contribution in [0.1, 0.15) is 11.6 Å². The molecule has 3 nitrogen and oxygen atoms in total. The van der Waals surface area contributed by atoms with Gasteiger partial charge in [-0.15, -0.1) is 0 Å². The lowest BCUT2D eigenvalue weighted by Crippen LogP contribution is -2.36. The van der Waals surface area contributed by atoms with Gasteiger partial charge in [0, 0.05) is 10.7 Å². The number of guanidine groups is 1. The lowest BCUT2D eigenvalue weighted by molar-refractivity contribution is 0.615. The normalized spacial score (nSPS) is 18.0. The highest BCUT2D eigenvalue weighted by Gasteiger charge is 2.29. The first-order chi connectivity index (χ1) is 10.1. The Hall–Kier alpha value is -1.59. The number of hydrogen-bond donors (Lipinski definition) is 1. The van der Waals surface area contributed by atoms with Crippen molar-refractivity contribution in [1.29, 1.82) is 0 Å². The monoisotopic (exact) mass is 367 g/mol. The van der Waals surface area contributed by atoms with Crippen molar-refractivity contribution in [3.63, 3.8) is 0 Å². The third-order valence-electron chi connectivity index (χ3n) is 3.40. The molecule has 0 bridgehead atoms. The van der Waals surface area contributed by atoms with Crippen molar-refractivity contribution in [1.82, 2.24) is 0 Å². The summed E-state index contributed by atoms with van der Waals surface area (Å²) in [4.78, 5) is 6.15. The van der Waals surface area contributed by atoms with Crippen LogP contribution >= 0.6 is 27.5 Å². The molecule has 3 rings (SSSR count). The van der Waals surface area contributed by atoms with Gasteiger partial charge in [0.2, 0.25) is 0 Å². The molecule has 0 aliphatic carbocycles. The van der Waals surface area contributed by atoms with Crippen LogP contribution in [-0.2, 0) is 0 Å². The van der Waals surface area contributed by atoms with E-state index in [4.69, 9.17) is 17.3 Å². The maximum atomic E-state index is 13.8. The minimum atomic E-state index is -0.302. The Kier molecular flexibility index (Phi) is 3.87. The largest absolute Gasteiger partial charge is 0.369 e. The van der Waals surface area contributed by atoms with E-state index in [0.29, 0.717) is 22.0 Å². The van der Waals surface area contributed by atoms with Gasteiger partial charge < -0.3 is 10.6 Å². The van der Waals surface area contributed by atoms with Crippen LogP contribution < -0.4 is 10.6 Å². The second-order valence-corrected chi connectivity index (χ2v) is 6.03. The number of rotatable bonds is 2. The maximum absolute atomic E-state index is 13.8. The second kappa shape index (κ2) is 5.66. The summed E-state index contributed by atoms with van der Waals surface area (Å²) in [5, 5.41) is 0.618. The quantitative estimate of drug-likeness (QED) is 0.866. The zero-order chi connectivity index (χ0) is 15.0. The highest BCUT2D eigenvalue weighted by molar-refractivity contribution is 9.10. The molecular formula is C15H12BrClFN3. The topological polar surface area (TPSA) is 41.6 Å². The Morgan fingerprint density at radius 3 is 2.81 bits per heavy atom. The van der Waals surface area contributed by atoms with E-state index in [1.807, 2.05) is 29.2 Å². The number of halogens is 3. The van der Waals surface area contributed by atoms with Gasteiger partial charge in [-0.1, -0.05) is 23.7 Å². The lowest BCUT2D eigenvalue weighted by Gasteiger charge is -2.27. The Morgan fingerprint density at radius 2 is 2.10 bits per heavy atom. The van der Waals surface area contributed by atoms with Gasteiger partial charge in [-0.25, -0.2) is 4.39 Å².